The van der Waals surface area contributed by atoms with E-state index >= 15 is 0 Å². The van der Waals surface area contributed by atoms with Crippen molar-refractivity contribution in [3.63, 3.8) is 0 Å². The van der Waals surface area contributed by atoms with Gasteiger partial charge in [0.1, 0.15) is 0 Å². The second-order valence-corrected chi connectivity index (χ2v) is 5.48. The average molecular weight is 226 g/mol. The molecular weight excluding hydrogens is 203 g/mol. The second-order valence-electron chi connectivity index (χ2n) is 5.48. The van der Waals surface area contributed by atoms with E-state index in [-0.39, 0.29) is 0 Å². The molecule has 1 nitrogen and oxygen atoms in total. The zero-order chi connectivity index (χ0) is 11.4. The number of allylic oxidation sites excluding steroid dienone is 2. The molecule has 1 saturated carbocycles. The molecule has 0 amide bonds. The third kappa shape index (κ3) is 2.99. The summed E-state index contributed by atoms with van der Waals surface area (Å²) in [6.07, 6.45) is 11.0. The number of ether oxygens (including phenoxy) is 1. The molecule has 0 bridgehead atoms. The first-order chi connectivity index (χ1) is 7.79. The van der Waals surface area contributed by atoms with Crippen LogP contribution in [-0.2, 0) is 4.74 Å². The van der Waals surface area contributed by atoms with Crippen molar-refractivity contribution < 1.29 is 9.13 Å². The highest BCUT2D eigenvalue weighted by molar-refractivity contribution is 5.00. The number of rotatable bonds is 3. The normalized spacial score (nSPS) is 35.6. The molecule has 2 aliphatic rings. The van der Waals surface area contributed by atoms with Crippen LogP contribution in [0.15, 0.2) is 11.8 Å². The zero-order valence-corrected chi connectivity index (χ0v) is 10.3. The van der Waals surface area contributed by atoms with Gasteiger partial charge in [-0.1, -0.05) is 19.8 Å². The summed E-state index contributed by atoms with van der Waals surface area (Å²) in [5.74, 6) is 3.56. The lowest BCUT2D eigenvalue weighted by atomic mass is 9.72. The third-order valence-electron chi connectivity index (χ3n) is 4.38. The van der Waals surface area contributed by atoms with Crippen LogP contribution in [0.3, 0.4) is 0 Å². The Kier molecular flexibility index (Phi) is 4.25. The summed E-state index contributed by atoms with van der Waals surface area (Å²) in [5.41, 5.74) is 0. The summed E-state index contributed by atoms with van der Waals surface area (Å²) >= 11 is 0. The summed E-state index contributed by atoms with van der Waals surface area (Å²) in [4.78, 5) is 0. The van der Waals surface area contributed by atoms with E-state index < -0.39 is 6.86 Å². The smallest absolute Gasteiger partial charge is 0.228 e. The summed E-state index contributed by atoms with van der Waals surface area (Å²) in [6.45, 7) is 1.70. The maximum atomic E-state index is 12.0. The molecule has 2 heteroatoms. The van der Waals surface area contributed by atoms with E-state index in [4.69, 9.17) is 4.74 Å². The first-order valence-electron chi connectivity index (χ1n) is 6.67. The highest BCUT2D eigenvalue weighted by Crippen LogP contribution is 2.39. The van der Waals surface area contributed by atoms with Crippen molar-refractivity contribution in [2.45, 2.75) is 51.9 Å². The van der Waals surface area contributed by atoms with E-state index in [1.807, 2.05) is 0 Å². The molecule has 0 aromatic carbocycles. The number of hydrogen-bond donors (Lipinski definition) is 0. The van der Waals surface area contributed by atoms with E-state index in [2.05, 4.69) is 13.0 Å². The predicted molar refractivity (Wildman–Crippen MR) is 63.6 cm³/mol. The standard InChI is InChI=1S/C14H23FO/c1-11-2-4-12(5-3-11)13-6-8-14(9-7-13)16-10-15/h8,11-13H,2-7,9-10H2,1H3. The lowest BCUT2D eigenvalue weighted by molar-refractivity contribution is 0.0962. The van der Waals surface area contributed by atoms with E-state index in [0.717, 1.165) is 36.4 Å². The highest BCUT2D eigenvalue weighted by atomic mass is 19.1. The lowest BCUT2D eigenvalue weighted by Crippen LogP contribution is -2.22. The molecule has 2 aliphatic carbocycles. The Hall–Kier alpha value is -0.530. The van der Waals surface area contributed by atoms with Crippen LogP contribution in [0, 0.1) is 17.8 Å². The molecule has 92 valence electrons. The fourth-order valence-electron chi connectivity index (χ4n) is 3.22. The Morgan fingerprint density at radius 3 is 2.50 bits per heavy atom. The molecule has 1 unspecified atom stereocenters. The van der Waals surface area contributed by atoms with Crippen molar-refractivity contribution in [2.24, 2.45) is 17.8 Å². The monoisotopic (exact) mass is 226 g/mol. The van der Waals surface area contributed by atoms with Crippen molar-refractivity contribution in [2.75, 3.05) is 6.86 Å². The molecule has 0 heterocycles. The van der Waals surface area contributed by atoms with Crippen LogP contribution in [0.25, 0.3) is 0 Å². The van der Waals surface area contributed by atoms with Gasteiger partial charge < -0.3 is 4.74 Å². The topological polar surface area (TPSA) is 9.23 Å². The minimum absolute atomic E-state index is 0.669. The van der Waals surface area contributed by atoms with Gasteiger partial charge in [-0.2, -0.15) is 0 Å². The van der Waals surface area contributed by atoms with E-state index in [1.165, 1.54) is 32.1 Å². The van der Waals surface area contributed by atoms with Gasteiger partial charge in [0.05, 0.1) is 5.76 Å². The molecular formula is C14H23FO. The summed E-state index contributed by atoms with van der Waals surface area (Å²) < 4.78 is 16.9. The van der Waals surface area contributed by atoms with Crippen LogP contribution >= 0.6 is 0 Å². The number of hydrogen-bond acceptors (Lipinski definition) is 1. The molecule has 1 fully saturated rings. The SMILES string of the molecule is CC1CCC(C2CC=C(OCF)CC2)CC1. The fraction of sp³-hybridized carbons (Fsp3) is 0.857. The van der Waals surface area contributed by atoms with Crippen molar-refractivity contribution in [3.8, 4) is 0 Å². The predicted octanol–water partition coefficient (Wildman–Crippen LogP) is 4.44. The molecule has 0 spiro atoms. The average Bonchev–Trinajstić information content (AvgIpc) is 2.32. The first-order valence-corrected chi connectivity index (χ1v) is 6.67. The molecule has 0 aromatic rings. The minimum atomic E-state index is -0.669. The maximum Gasteiger partial charge on any atom is 0.228 e. The van der Waals surface area contributed by atoms with Gasteiger partial charge >= 0.3 is 0 Å². The molecule has 2 rings (SSSR count). The Morgan fingerprint density at radius 1 is 1.19 bits per heavy atom. The maximum absolute atomic E-state index is 12.0. The Morgan fingerprint density at radius 2 is 1.94 bits per heavy atom. The van der Waals surface area contributed by atoms with Crippen LogP contribution < -0.4 is 0 Å². The first kappa shape index (κ1) is 11.9. The van der Waals surface area contributed by atoms with Crippen LogP contribution in [0.4, 0.5) is 4.39 Å². The van der Waals surface area contributed by atoms with Crippen LogP contribution in [0.2, 0.25) is 0 Å². The molecule has 16 heavy (non-hydrogen) atoms. The van der Waals surface area contributed by atoms with Crippen LogP contribution in [0.5, 0.6) is 0 Å². The largest absolute Gasteiger partial charge is 0.468 e. The summed E-state index contributed by atoms with van der Waals surface area (Å²) in [6, 6.07) is 0. The summed E-state index contributed by atoms with van der Waals surface area (Å²) in [7, 11) is 0. The molecule has 0 aromatic heterocycles. The molecule has 0 aliphatic heterocycles. The minimum Gasteiger partial charge on any atom is -0.468 e. The van der Waals surface area contributed by atoms with Gasteiger partial charge in [-0.25, -0.2) is 4.39 Å². The Balaban J connectivity index is 1.80. The lowest BCUT2D eigenvalue weighted by Gasteiger charge is -2.34. The van der Waals surface area contributed by atoms with Gasteiger partial charge in [0.15, 0.2) is 0 Å². The molecule has 0 saturated heterocycles. The van der Waals surface area contributed by atoms with Gasteiger partial charge in [-0.3, -0.25) is 0 Å². The summed E-state index contributed by atoms with van der Waals surface area (Å²) in [5, 5.41) is 0. The van der Waals surface area contributed by atoms with E-state index in [1.54, 1.807) is 0 Å². The fourth-order valence-corrected chi connectivity index (χ4v) is 3.22. The van der Waals surface area contributed by atoms with Crippen molar-refractivity contribution in [1.82, 2.24) is 0 Å². The molecule has 0 N–H and O–H groups in total. The van der Waals surface area contributed by atoms with E-state index in [0.29, 0.717) is 0 Å². The number of alkyl halides is 1. The molecule has 0 radical (unpaired) electrons. The van der Waals surface area contributed by atoms with Gasteiger partial charge in [-0.05, 0) is 49.5 Å². The van der Waals surface area contributed by atoms with Gasteiger partial charge in [-0.15, -0.1) is 0 Å². The zero-order valence-electron chi connectivity index (χ0n) is 10.3. The van der Waals surface area contributed by atoms with Crippen molar-refractivity contribution in [3.05, 3.63) is 11.8 Å². The Labute approximate surface area is 98.1 Å². The van der Waals surface area contributed by atoms with Crippen LogP contribution in [-0.4, -0.2) is 6.86 Å². The van der Waals surface area contributed by atoms with Crippen LogP contribution in [0.1, 0.15) is 51.9 Å². The third-order valence-corrected chi connectivity index (χ3v) is 4.38. The Bertz CT molecular complexity index is 241. The number of halogens is 1. The van der Waals surface area contributed by atoms with Gasteiger partial charge in [0, 0.05) is 6.42 Å². The van der Waals surface area contributed by atoms with Crippen molar-refractivity contribution >= 4 is 0 Å². The van der Waals surface area contributed by atoms with E-state index in [9.17, 15) is 4.39 Å². The van der Waals surface area contributed by atoms with Gasteiger partial charge in [0.2, 0.25) is 6.86 Å². The second kappa shape index (κ2) is 5.70. The highest BCUT2D eigenvalue weighted by Gasteiger charge is 2.27. The van der Waals surface area contributed by atoms with Gasteiger partial charge in [0.25, 0.3) is 0 Å². The molecule has 1 atom stereocenters. The van der Waals surface area contributed by atoms with Crippen molar-refractivity contribution in [1.29, 1.82) is 0 Å². The quantitative estimate of drug-likeness (QED) is 0.691.